The average Bonchev–Trinajstić information content (AvgIpc) is 2.94. The van der Waals surface area contributed by atoms with Crippen LogP contribution in [0.1, 0.15) is 25.7 Å². The Kier molecular flexibility index (Phi) is 3.82. The van der Waals surface area contributed by atoms with Gasteiger partial charge in [0.1, 0.15) is 12.1 Å². The van der Waals surface area contributed by atoms with Gasteiger partial charge in [0.05, 0.1) is 10.2 Å². The smallest absolute Gasteiger partial charge is 0.303 e. The Balaban J connectivity index is 1.66. The summed E-state index contributed by atoms with van der Waals surface area (Å²) in [5.41, 5.74) is 1.01. The fraction of sp³-hybridized carbons (Fsp3) is 0.500. The summed E-state index contributed by atoms with van der Waals surface area (Å²) in [5.74, 6) is 0.869. The van der Waals surface area contributed by atoms with E-state index in [1.54, 1.807) is 17.7 Å². The zero-order valence-corrected chi connectivity index (χ0v) is 12.0. The van der Waals surface area contributed by atoms with Crippen LogP contribution in [0.3, 0.4) is 0 Å². The number of carboxylic acids is 1. The van der Waals surface area contributed by atoms with Crippen molar-refractivity contribution in [2.45, 2.75) is 25.7 Å². The summed E-state index contributed by atoms with van der Waals surface area (Å²) in [4.78, 5) is 21.6. The van der Waals surface area contributed by atoms with Crippen LogP contribution in [0.4, 0.5) is 5.82 Å². The van der Waals surface area contributed by atoms with Gasteiger partial charge in [-0.3, -0.25) is 4.79 Å². The topological polar surface area (TPSA) is 66.3 Å². The molecule has 0 atom stereocenters. The van der Waals surface area contributed by atoms with Crippen LogP contribution in [0.2, 0.25) is 0 Å². The molecule has 1 saturated heterocycles. The number of aromatic nitrogens is 2. The van der Waals surface area contributed by atoms with E-state index in [-0.39, 0.29) is 6.42 Å². The molecule has 1 aliphatic rings. The molecule has 0 unspecified atom stereocenters. The lowest BCUT2D eigenvalue weighted by Gasteiger charge is -2.32. The zero-order valence-electron chi connectivity index (χ0n) is 11.2. The van der Waals surface area contributed by atoms with Gasteiger partial charge in [0, 0.05) is 19.5 Å². The van der Waals surface area contributed by atoms with Gasteiger partial charge in [-0.2, -0.15) is 0 Å². The molecule has 1 fully saturated rings. The summed E-state index contributed by atoms with van der Waals surface area (Å²) in [6.07, 6.45) is 4.80. The maximum atomic E-state index is 10.6. The van der Waals surface area contributed by atoms with Crippen molar-refractivity contribution in [1.29, 1.82) is 0 Å². The van der Waals surface area contributed by atoms with E-state index in [1.165, 1.54) is 0 Å². The number of carboxylic acid groups (broad SMARTS) is 1. The molecule has 0 spiro atoms. The van der Waals surface area contributed by atoms with Gasteiger partial charge in [-0.1, -0.05) is 0 Å². The molecular formula is C14H17N3O2S. The van der Waals surface area contributed by atoms with Crippen molar-refractivity contribution in [2.24, 2.45) is 5.92 Å². The van der Waals surface area contributed by atoms with E-state index >= 15 is 0 Å². The number of thiophene rings is 1. The van der Waals surface area contributed by atoms with E-state index in [0.29, 0.717) is 5.92 Å². The van der Waals surface area contributed by atoms with Crippen molar-refractivity contribution < 1.29 is 9.90 Å². The molecule has 3 heterocycles. The molecule has 0 aliphatic carbocycles. The zero-order chi connectivity index (χ0) is 13.9. The standard InChI is InChI=1S/C14H17N3O2S/c18-12(19)2-1-10-3-6-17(7-4-10)14-13-11(5-8-20-13)15-9-16-14/h5,8-10H,1-4,6-7H2,(H,18,19). The van der Waals surface area contributed by atoms with E-state index in [4.69, 9.17) is 5.11 Å². The van der Waals surface area contributed by atoms with Gasteiger partial charge in [0.15, 0.2) is 0 Å². The van der Waals surface area contributed by atoms with Crippen molar-refractivity contribution >= 4 is 33.3 Å². The second-order valence-electron chi connectivity index (χ2n) is 5.20. The molecule has 106 valence electrons. The summed E-state index contributed by atoms with van der Waals surface area (Å²) in [7, 11) is 0. The molecule has 1 N–H and O–H groups in total. The van der Waals surface area contributed by atoms with Crippen molar-refractivity contribution in [2.75, 3.05) is 18.0 Å². The fourth-order valence-corrected chi connectivity index (χ4v) is 3.62. The van der Waals surface area contributed by atoms with Crippen LogP contribution in [-0.2, 0) is 4.79 Å². The number of carbonyl (C=O) groups is 1. The van der Waals surface area contributed by atoms with Crippen molar-refractivity contribution in [3.05, 3.63) is 17.8 Å². The molecule has 0 saturated carbocycles. The molecule has 0 radical (unpaired) electrons. The van der Waals surface area contributed by atoms with Crippen LogP contribution < -0.4 is 4.90 Å². The predicted octanol–water partition coefficient (Wildman–Crippen LogP) is 2.77. The maximum Gasteiger partial charge on any atom is 0.303 e. The van der Waals surface area contributed by atoms with Gasteiger partial charge in [0.25, 0.3) is 0 Å². The van der Waals surface area contributed by atoms with Gasteiger partial charge in [-0.25, -0.2) is 9.97 Å². The van der Waals surface area contributed by atoms with Crippen LogP contribution in [0.5, 0.6) is 0 Å². The Morgan fingerprint density at radius 1 is 1.40 bits per heavy atom. The molecule has 5 nitrogen and oxygen atoms in total. The molecule has 3 rings (SSSR count). The molecule has 6 heteroatoms. The molecule has 0 amide bonds. The fourth-order valence-electron chi connectivity index (χ4n) is 2.76. The third-order valence-corrected chi connectivity index (χ3v) is 4.80. The summed E-state index contributed by atoms with van der Waals surface area (Å²) in [6.45, 7) is 1.91. The number of nitrogens with zero attached hydrogens (tertiary/aromatic N) is 3. The van der Waals surface area contributed by atoms with E-state index in [9.17, 15) is 4.79 Å². The first-order valence-corrected chi connectivity index (χ1v) is 7.77. The lowest BCUT2D eigenvalue weighted by atomic mass is 9.92. The van der Waals surface area contributed by atoms with Crippen LogP contribution in [-0.4, -0.2) is 34.1 Å². The highest BCUT2D eigenvalue weighted by molar-refractivity contribution is 7.17. The second-order valence-corrected chi connectivity index (χ2v) is 6.11. The molecule has 1 aliphatic heterocycles. The number of fused-ring (bicyclic) bond motifs is 1. The maximum absolute atomic E-state index is 10.6. The first-order valence-electron chi connectivity index (χ1n) is 6.89. The Hall–Kier alpha value is -1.69. The van der Waals surface area contributed by atoms with Gasteiger partial charge in [0.2, 0.25) is 0 Å². The average molecular weight is 291 g/mol. The van der Waals surface area contributed by atoms with Gasteiger partial charge in [-0.15, -0.1) is 11.3 Å². The van der Waals surface area contributed by atoms with E-state index in [2.05, 4.69) is 14.9 Å². The highest BCUT2D eigenvalue weighted by Crippen LogP contribution is 2.31. The summed E-state index contributed by atoms with van der Waals surface area (Å²) in [5, 5.41) is 10.8. The normalized spacial score (nSPS) is 16.7. The van der Waals surface area contributed by atoms with Crippen LogP contribution >= 0.6 is 11.3 Å². The van der Waals surface area contributed by atoms with Crippen LogP contribution in [0.15, 0.2) is 17.8 Å². The molecule has 20 heavy (non-hydrogen) atoms. The Bertz CT molecular complexity index is 605. The van der Waals surface area contributed by atoms with E-state index in [0.717, 1.165) is 48.4 Å². The molecular weight excluding hydrogens is 274 g/mol. The first kappa shape index (κ1) is 13.3. The largest absolute Gasteiger partial charge is 0.481 e. The minimum absolute atomic E-state index is 0.285. The molecule has 2 aromatic heterocycles. The molecule has 0 aromatic carbocycles. The van der Waals surface area contributed by atoms with Crippen LogP contribution in [0.25, 0.3) is 10.2 Å². The molecule has 0 bridgehead atoms. The quantitative estimate of drug-likeness (QED) is 0.938. The van der Waals surface area contributed by atoms with Crippen molar-refractivity contribution in [3.63, 3.8) is 0 Å². The van der Waals surface area contributed by atoms with Gasteiger partial charge < -0.3 is 10.0 Å². The number of anilines is 1. The Morgan fingerprint density at radius 2 is 2.20 bits per heavy atom. The number of rotatable bonds is 4. The summed E-state index contributed by atoms with van der Waals surface area (Å²) >= 11 is 1.68. The summed E-state index contributed by atoms with van der Waals surface area (Å²) < 4.78 is 1.15. The lowest BCUT2D eigenvalue weighted by molar-refractivity contribution is -0.137. The lowest BCUT2D eigenvalue weighted by Crippen LogP contribution is -2.34. The number of hydrogen-bond donors (Lipinski definition) is 1. The van der Waals surface area contributed by atoms with E-state index < -0.39 is 5.97 Å². The SMILES string of the molecule is O=C(O)CCC1CCN(c2ncnc3ccsc23)CC1. The number of aliphatic carboxylic acids is 1. The monoisotopic (exact) mass is 291 g/mol. The van der Waals surface area contributed by atoms with Gasteiger partial charge >= 0.3 is 5.97 Å². The molecule has 2 aromatic rings. The number of piperidine rings is 1. The highest BCUT2D eigenvalue weighted by Gasteiger charge is 2.22. The van der Waals surface area contributed by atoms with Gasteiger partial charge in [-0.05, 0) is 36.6 Å². The third kappa shape index (κ3) is 2.75. The number of hydrogen-bond acceptors (Lipinski definition) is 5. The Morgan fingerprint density at radius 3 is 2.95 bits per heavy atom. The minimum Gasteiger partial charge on any atom is -0.481 e. The van der Waals surface area contributed by atoms with Crippen molar-refractivity contribution in [3.8, 4) is 0 Å². The van der Waals surface area contributed by atoms with Crippen LogP contribution in [0, 0.1) is 5.92 Å². The third-order valence-electron chi connectivity index (χ3n) is 3.90. The first-order chi connectivity index (χ1) is 9.74. The second kappa shape index (κ2) is 5.75. The Labute approximate surface area is 121 Å². The summed E-state index contributed by atoms with van der Waals surface area (Å²) in [6, 6.07) is 2.02. The van der Waals surface area contributed by atoms with Crippen molar-refractivity contribution in [1.82, 2.24) is 9.97 Å². The predicted molar refractivity (Wildman–Crippen MR) is 79.2 cm³/mol. The highest BCUT2D eigenvalue weighted by atomic mass is 32.1. The van der Waals surface area contributed by atoms with E-state index in [1.807, 2.05) is 11.4 Å². The minimum atomic E-state index is -0.691.